The van der Waals surface area contributed by atoms with E-state index in [-0.39, 0.29) is 0 Å². The Labute approximate surface area is 112 Å². The molecule has 0 atom stereocenters. The van der Waals surface area contributed by atoms with Gasteiger partial charge in [-0.3, -0.25) is 4.99 Å². The Morgan fingerprint density at radius 2 is 2.12 bits per heavy atom. The van der Waals surface area contributed by atoms with E-state index in [0.29, 0.717) is 0 Å². The number of benzene rings is 1. The molecule has 0 amide bonds. The van der Waals surface area contributed by atoms with Crippen LogP contribution in [0.5, 0.6) is 0 Å². The number of hydrogen-bond acceptors (Lipinski definition) is 1. The maximum atomic E-state index is 4.27. The molecular formula is C13H20BrN3. The van der Waals surface area contributed by atoms with E-state index >= 15 is 0 Å². The molecule has 4 heteroatoms. The van der Waals surface area contributed by atoms with Crippen LogP contribution < -0.4 is 5.32 Å². The lowest BCUT2D eigenvalue weighted by Crippen LogP contribution is -2.38. The molecular weight excluding hydrogens is 278 g/mol. The van der Waals surface area contributed by atoms with E-state index in [4.69, 9.17) is 0 Å². The van der Waals surface area contributed by atoms with Gasteiger partial charge in [0.25, 0.3) is 0 Å². The molecule has 0 fully saturated rings. The van der Waals surface area contributed by atoms with Gasteiger partial charge >= 0.3 is 0 Å². The van der Waals surface area contributed by atoms with Gasteiger partial charge in [0.05, 0.1) is 0 Å². The van der Waals surface area contributed by atoms with Gasteiger partial charge in [-0.1, -0.05) is 41.1 Å². The molecule has 0 aliphatic heterocycles. The van der Waals surface area contributed by atoms with E-state index in [1.165, 1.54) is 5.56 Å². The molecule has 1 N–H and O–H groups in total. The monoisotopic (exact) mass is 297 g/mol. The van der Waals surface area contributed by atoms with Crippen molar-refractivity contribution in [1.29, 1.82) is 0 Å². The zero-order valence-corrected chi connectivity index (χ0v) is 12.3. The van der Waals surface area contributed by atoms with Crippen LogP contribution in [-0.2, 0) is 6.54 Å². The Bertz CT molecular complexity index is 377. The summed E-state index contributed by atoms with van der Waals surface area (Å²) in [6.07, 6.45) is 1.10. The first kappa shape index (κ1) is 14.0. The zero-order chi connectivity index (χ0) is 12.7. The van der Waals surface area contributed by atoms with Crippen molar-refractivity contribution in [2.24, 2.45) is 4.99 Å². The minimum atomic E-state index is 0.838. The highest BCUT2D eigenvalue weighted by atomic mass is 79.9. The van der Waals surface area contributed by atoms with Gasteiger partial charge in [0, 0.05) is 31.7 Å². The molecule has 0 saturated heterocycles. The van der Waals surface area contributed by atoms with E-state index in [0.717, 1.165) is 29.9 Å². The second kappa shape index (κ2) is 7.33. The number of nitrogens with zero attached hydrogens (tertiary/aromatic N) is 2. The van der Waals surface area contributed by atoms with E-state index in [2.05, 4.69) is 56.3 Å². The SMILES string of the molecule is CCCNC(=NC)N(C)Cc1ccccc1Br. The summed E-state index contributed by atoms with van der Waals surface area (Å²) >= 11 is 3.56. The van der Waals surface area contributed by atoms with Crippen LogP contribution in [0.4, 0.5) is 0 Å². The summed E-state index contributed by atoms with van der Waals surface area (Å²) in [5.41, 5.74) is 1.26. The molecule has 94 valence electrons. The summed E-state index contributed by atoms with van der Waals surface area (Å²) < 4.78 is 1.14. The van der Waals surface area contributed by atoms with Crippen molar-refractivity contribution in [3.05, 3.63) is 34.3 Å². The van der Waals surface area contributed by atoms with Gasteiger partial charge in [0.15, 0.2) is 5.96 Å². The molecule has 0 heterocycles. The minimum absolute atomic E-state index is 0.838. The molecule has 0 radical (unpaired) electrons. The van der Waals surface area contributed by atoms with Gasteiger partial charge in [-0.2, -0.15) is 0 Å². The van der Waals surface area contributed by atoms with Gasteiger partial charge in [0.2, 0.25) is 0 Å². The fourth-order valence-electron chi connectivity index (χ4n) is 1.58. The number of rotatable bonds is 4. The Morgan fingerprint density at radius 3 is 2.71 bits per heavy atom. The number of guanidine groups is 1. The maximum Gasteiger partial charge on any atom is 0.193 e. The fraction of sp³-hybridized carbons (Fsp3) is 0.462. The second-order valence-corrected chi connectivity index (χ2v) is 4.78. The summed E-state index contributed by atoms with van der Waals surface area (Å²) in [5.74, 6) is 0.933. The first-order chi connectivity index (χ1) is 8.19. The molecule has 0 saturated carbocycles. The normalized spacial score (nSPS) is 11.4. The fourth-order valence-corrected chi connectivity index (χ4v) is 1.99. The second-order valence-electron chi connectivity index (χ2n) is 3.92. The molecule has 1 aromatic carbocycles. The van der Waals surface area contributed by atoms with Gasteiger partial charge < -0.3 is 10.2 Å². The van der Waals surface area contributed by atoms with Crippen molar-refractivity contribution >= 4 is 21.9 Å². The van der Waals surface area contributed by atoms with Crippen LogP contribution in [0, 0.1) is 0 Å². The lowest BCUT2D eigenvalue weighted by atomic mass is 10.2. The van der Waals surface area contributed by atoms with Crippen molar-refractivity contribution < 1.29 is 0 Å². The van der Waals surface area contributed by atoms with Crippen molar-refractivity contribution in [2.75, 3.05) is 20.6 Å². The summed E-state index contributed by atoms with van der Waals surface area (Å²) in [7, 11) is 3.86. The van der Waals surface area contributed by atoms with E-state index in [1.807, 2.05) is 20.2 Å². The molecule has 0 spiro atoms. The minimum Gasteiger partial charge on any atom is -0.356 e. The number of halogens is 1. The highest BCUT2D eigenvalue weighted by Gasteiger charge is 2.07. The van der Waals surface area contributed by atoms with Gasteiger partial charge in [-0.15, -0.1) is 0 Å². The summed E-state index contributed by atoms with van der Waals surface area (Å²) in [4.78, 5) is 6.39. The summed E-state index contributed by atoms with van der Waals surface area (Å²) in [6, 6.07) is 8.26. The van der Waals surface area contributed by atoms with Crippen molar-refractivity contribution in [1.82, 2.24) is 10.2 Å². The van der Waals surface area contributed by atoms with Crippen LogP contribution in [0.1, 0.15) is 18.9 Å². The smallest absolute Gasteiger partial charge is 0.193 e. The molecule has 3 nitrogen and oxygen atoms in total. The maximum absolute atomic E-state index is 4.27. The number of nitrogens with one attached hydrogen (secondary N) is 1. The number of aliphatic imine (C=N–C) groups is 1. The predicted octanol–water partition coefficient (Wildman–Crippen LogP) is 2.87. The lowest BCUT2D eigenvalue weighted by molar-refractivity contribution is 0.476. The van der Waals surface area contributed by atoms with Crippen LogP contribution in [0.3, 0.4) is 0 Å². The molecule has 17 heavy (non-hydrogen) atoms. The molecule has 0 aliphatic rings. The summed E-state index contributed by atoms with van der Waals surface area (Å²) in [6.45, 7) is 3.94. The van der Waals surface area contributed by atoms with E-state index in [1.54, 1.807) is 0 Å². The lowest BCUT2D eigenvalue weighted by Gasteiger charge is -2.22. The van der Waals surface area contributed by atoms with Gasteiger partial charge in [-0.25, -0.2) is 0 Å². The van der Waals surface area contributed by atoms with Crippen LogP contribution in [0.25, 0.3) is 0 Å². The van der Waals surface area contributed by atoms with Crippen LogP contribution in [0.2, 0.25) is 0 Å². The zero-order valence-electron chi connectivity index (χ0n) is 10.7. The van der Waals surface area contributed by atoms with Gasteiger partial charge in [0.1, 0.15) is 0 Å². The number of hydrogen-bond donors (Lipinski definition) is 1. The third-order valence-electron chi connectivity index (χ3n) is 2.47. The first-order valence-corrected chi connectivity index (χ1v) is 6.63. The first-order valence-electron chi connectivity index (χ1n) is 5.84. The quantitative estimate of drug-likeness (QED) is 0.684. The Balaban J connectivity index is 2.64. The third-order valence-corrected chi connectivity index (χ3v) is 3.25. The molecule has 1 rings (SSSR count). The van der Waals surface area contributed by atoms with Crippen molar-refractivity contribution in [3.63, 3.8) is 0 Å². The van der Waals surface area contributed by atoms with E-state index in [9.17, 15) is 0 Å². The highest BCUT2D eigenvalue weighted by molar-refractivity contribution is 9.10. The molecule has 0 bridgehead atoms. The van der Waals surface area contributed by atoms with Crippen molar-refractivity contribution in [2.45, 2.75) is 19.9 Å². The standard InChI is InChI=1S/C13H20BrN3/c1-4-9-16-13(15-2)17(3)10-11-7-5-6-8-12(11)14/h5-8H,4,9-10H2,1-3H3,(H,15,16). The molecule has 0 aliphatic carbocycles. The van der Waals surface area contributed by atoms with Crippen LogP contribution in [0.15, 0.2) is 33.7 Å². The summed E-state index contributed by atoms with van der Waals surface area (Å²) in [5, 5.41) is 3.32. The molecule has 0 aromatic heterocycles. The predicted molar refractivity (Wildman–Crippen MR) is 77.3 cm³/mol. The van der Waals surface area contributed by atoms with E-state index < -0.39 is 0 Å². The van der Waals surface area contributed by atoms with Crippen LogP contribution in [-0.4, -0.2) is 31.5 Å². The largest absolute Gasteiger partial charge is 0.356 e. The molecule has 1 aromatic rings. The Morgan fingerprint density at radius 1 is 1.41 bits per heavy atom. The van der Waals surface area contributed by atoms with Gasteiger partial charge in [-0.05, 0) is 18.1 Å². The third kappa shape index (κ3) is 4.38. The Hall–Kier alpha value is -1.03. The average molecular weight is 298 g/mol. The highest BCUT2D eigenvalue weighted by Crippen LogP contribution is 2.17. The Kier molecular flexibility index (Phi) is 6.05. The topological polar surface area (TPSA) is 27.6 Å². The average Bonchev–Trinajstić information content (AvgIpc) is 2.33. The van der Waals surface area contributed by atoms with Crippen molar-refractivity contribution in [3.8, 4) is 0 Å². The van der Waals surface area contributed by atoms with Crippen LogP contribution >= 0.6 is 15.9 Å². The molecule has 0 unspecified atom stereocenters.